The maximum Gasteiger partial charge on any atom is 0.312 e. The predicted molar refractivity (Wildman–Crippen MR) is 137 cm³/mol. The van der Waals surface area contributed by atoms with Crippen molar-refractivity contribution in [2.75, 3.05) is 38.0 Å². The summed E-state index contributed by atoms with van der Waals surface area (Å²) in [6.45, 7) is 9.15. The van der Waals surface area contributed by atoms with Crippen molar-refractivity contribution in [1.29, 1.82) is 0 Å². The third-order valence-electron chi connectivity index (χ3n) is 7.27. The highest BCUT2D eigenvalue weighted by Crippen LogP contribution is 2.45. The number of hydrogen-bond acceptors (Lipinski definition) is 7. The first-order valence-corrected chi connectivity index (χ1v) is 13.2. The highest BCUT2D eigenvalue weighted by atomic mass is 16.5. The lowest BCUT2D eigenvalue weighted by Gasteiger charge is -2.20. The fourth-order valence-electron chi connectivity index (χ4n) is 5.47. The number of nitrogens with one attached hydrogen (secondary N) is 2. The van der Waals surface area contributed by atoms with Crippen LogP contribution in [0.5, 0.6) is 11.5 Å². The molecule has 1 aromatic carbocycles. The molecule has 7 heteroatoms. The molecule has 2 aromatic rings. The molecule has 2 fully saturated rings. The number of ether oxygens (including phenoxy) is 2. The molecule has 188 valence electrons. The summed E-state index contributed by atoms with van der Waals surface area (Å²) >= 11 is 0. The number of benzene rings is 1. The first-order valence-electron chi connectivity index (χ1n) is 13.2. The number of piperidine rings is 1. The van der Waals surface area contributed by atoms with Crippen molar-refractivity contribution in [2.24, 2.45) is 11.8 Å². The van der Waals surface area contributed by atoms with E-state index in [4.69, 9.17) is 14.5 Å². The highest BCUT2D eigenvalue weighted by Gasteiger charge is 2.54. The lowest BCUT2D eigenvalue weighted by Crippen LogP contribution is -2.33. The number of nitrogens with zero attached hydrogens (tertiary/aromatic N) is 2. The molecule has 1 aromatic heterocycles. The van der Waals surface area contributed by atoms with Crippen LogP contribution in [0.25, 0.3) is 0 Å². The van der Waals surface area contributed by atoms with Gasteiger partial charge in [-0.3, -0.25) is 4.79 Å². The molecule has 35 heavy (non-hydrogen) atoms. The van der Waals surface area contributed by atoms with Gasteiger partial charge in [0.25, 0.3) is 0 Å². The summed E-state index contributed by atoms with van der Waals surface area (Å²) in [6.07, 6.45) is 5.04. The Morgan fingerprint density at radius 3 is 2.69 bits per heavy atom. The molecular formula is C28H38N4O3. The molecule has 2 aliphatic heterocycles. The SMILES string of the molecule is CC(C)Oc1ccc(OC(=O)CCNC2C3CN(CCCc4ccc5c(n4)NCCC5)CC32)cc1. The van der Waals surface area contributed by atoms with E-state index in [9.17, 15) is 4.79 Å². The van der Waals surface area contributed by atoms with Gasteiger partial charge in [-0.1, -0.05) is 6.07 Å². The highest BCUT2D eigenvalue weighted by molar-refractivity contribution is 5.72. The molecule has 3 heterocycles. The van der Waals surface area contributed by atoms with Crippen molar-refractivity contribution < 1.29 is 14.3 Å². The van der Waals surface area contributed by atoms with Gasteiger partial charge in [0.1, 0.15) is 17.3 Å². The molecule has 2 atom stereocenters. The number of likely N-dealkylation sites (tertiary alicyclic amines) is 1. The Labute approximate surface area is 208 Å². The third kappa shape index (κ3) is 6.33. The Morgan fingerprint density at radius 2 is 1.91 bits per heavy atom. The second-order valence-electron chi connectivity index (χ2n) is 10.4. The van der Waals surface area contributed by atoms with Crippen molar-refractivity contribution >= 4 is 11.8 Å². The monoisotopic (exact) mass is 478 g/mol. The fourth-order valence-corrected chi connectivity index (χ4v) is 5.47. The van der Waals surface area contributed by atoms with Gasteiger partial charge in [-0.2, -0.15) is 0 Å². The van der Waals surface area contributed by atoms with Crippen LogP contribution in [0.1, 0.15) is 44.4 Å². The van der Waals surface area contributed by atoms with E-state index < -0.39 is 0 Å². The van der Waals surface area contributed by atoms with Crippen LogP contribution in [0.15, 0.2) is 36.4 Å². The van der Waals surface area contributed by atoms with E-state index in [0.29, 0.717) is 24.8 Å². The predicted octanol–water partition coefficient (Wildman–Crippen LogP) is 3.68. The molecular weight excluding hydrogens is 440 g/mol. The molecule has 5 rings (SSSR count). The number of rotatable bonds is 11. The van der Waals surface area contributed by atoms with Crippen LogP contribution < -0.4 is 20.1 Å². The van der Waals surface area contributed by atoms with E-state index in [0.717, 1.165) is 68.8 Å². The normalized spacial score (nSPS) is 22.9. The number of hydrogen-bond donors (Lipinski definition) is 2. The molecule has 1 saturated carbocycles. The number of aromatic nitrogens is 1. The van der Waals surface area contributed by atoms with E-state index in [1.807, 2.05) is 26.0 Å². The summed E-state index contributed by atoms with van der Waals surface area (Å²) in [7, 11) is 0. The van der Waals surface area contributed by atoms with Gasteiger partial charge in [0.2, 0.25) is 0 Å². The molecule has 1 saturated heterocycles. The Hall–Kier alpha value is -2.64. The average molecular weight is 479 g/mol. The summed E-state index contributed by atoms with van der Waals surface area (Å²) in [5.74, 6) is 3.70. The maximum atomic E-state index is 12.2. The topological polar surface area (TPSA) is 75.7 Å². The standard InChI is InChI=1S/C28H38N4O3/c1-19(2)34-22-9-11-23(12-10-22)35-26(33)13-15-29-27-24-17-32(18-25(24)27)16-4-6-21-8-7-20-5-3-14-30-28(20)31-21/h7-12,19,24-25,27,29H,3-6,13-18H2,1-2H3,(H,30,31). The zero-order valence-electron chi connectivity index (χ0n) is 21.0. The van der Waals surface area contributed by atoms with Crippen molar-refractivity contribution in [1.82, 2.24) is 15.2 Å². The van der Waals surface area contributed by atoms with Crippen molar-refractivity contribution in [3.05, 3.63) is 47.7 Å². The second kappa shape index (κ2) is 11.0. The van der Waals surface area contributed by atoms with Crippen LogP contribution in [-0.2, 0) is 17.6 Å². The lowest BCUT2D eigenvalue weighted by atomic mass is 10.1. The number of carbonyl (C=O) groups excluding carboxylic acids is 1. The molecule has 2 unspecified atom stereocenters. The molecule has 0 amide bonds. The number of aryl methyl sites for hydroxylation is 2. The van der Waals surface area contributed by atoms with Crippen LogP contribution in [0.3, 0.4) is 0 Å². The average Bonchev–Trinajstić information content (AvgIpc) is 3.29. The van der Waals surface area contributed by atoms with Gasteiger partial charge in [0.15, 0.2) is 0 Å². The van der Waals surface area contributed by atoms with Gasteiger partial charge in [-0.15, -0.1) is 0 Å². The van der Waals surface area contributed by atoms with Crippen LogP contribution in [0, 0.1) is 11.8 Å². The van der Waals surface area contributed by atoms with Gasteiger partial charge in [0, 0.05) is 37.9 Å². The first-order chi connectivity index (χ1) is 17.0. The van der Waals surface area contributed by atoms with Crippen LogP contribution in [0.4, 0.5) is 5.82 Å². The van der Waals surface area contributed by atoms with E-state index >= 15 is 0 Å². The summed E-state index contributed by atoms with van der Waals surface area (Å²) in [4.78, 5) is 19.6. The van der Waals surface area contributed by atoms with Crippen LogP contribution in [-0.4, -0.2) is 60.7 Å². The second-order valence-corrected chi connectivity index (χ2v) is 10.4. The lowest BCUT2D eigenvalue weighted by molar-refractivity contribution is -0.134. The van der Waals surface area contributed by atoms with Gasteiger partial charge >= 0.3 is 5.97 Å². The minimum Gasteiger partial charge on any atom is -0.491 e. The Bertz CT molecular complexity index is 998. The zero-order valence-corrected chi connectivity index (χ0v) is 21.0. The van der Waals surface area contributed by atoms with Crippen LogP contribution >= 0.6 is 0 Å². The number of pyridine rings is 1. The maximum absolute atomic E-state index is 12.2. The minimum atomic E-state index is -0.201. The number of carbonyl (C=O) groups is 1. The molecule has 0 spiro atoms. The molecule has 2 N–H and O–H groups in total. The largest absolute Gasteiger partial charge is 0.491 e. The fraction of sp³-hybridized carbons (Fsp3) is 0.571. The number of anilines is 1. The van der Waals surface area contributed by atoms with Crippen LogP contribution in [0.2, 0.25) is 0 Å². The molecule has 0 radical (unpaired) electrons. The Kier molecular flexibility index (Phi) is 7.54. The van der Waals surface area contributed by atoms with Crippen molar-refractivity contribution in [3.63, 3.8) is 0 Å². The van der Waals surface area contributed by atoms with Crippen molar-refractivity contribution in [3.8, 4) is 11.5 Å². The summed E-state index contributed by atoms with van der Waals surface area (Å²) < 4.78 is 11.1. The third-order valence-corrected chi connectivity index (χ3v) is 7.27. The van der Waals surface area contributed by atoms with Gasteiger partial charge < -0.3 is 25.0 Å². The molecule has 3 aliphatic rings. The molecule has 7 nitrogen and oxygen atoms in total. The quantitative estimate of drug-likeness (QED) is 0.377. The van der Waals surface area contributed by atoms with Gasteiger partial charge in [-0.25, -0.2) is 4.98 Å². The number of esters is 1. The van der Waals surface area contributed by atoms with E-state index in [1.165, 1.54) is 17.7 Å². The van der Waals surface area contributed by atoms with E-state index in [-0.39, 0.29) is 12.1 Å². The van der Waals surface area contributed by atoms with Crippen molar-refractivity contribution in [2.45, 2.75) is 58.1 Å². The summed E-state index contributed by atoms with van der Waals surface area (Å²) in [6, 6.07) is 12.2. The Morgan fingerprint density at radius 1 is 1.14 bits per heavy atom. The van der Waals surface area contributed by atoms with E-state index in [1.54, 1.807) is 12.1 Å². The van der Waals surface area contributed by atoms with Gasteiger partial charge in [-0.05, 0) is 93.8 Å². The molecule has 0 bridgehead atoms. The van der Waals surface area contributed by atoms with E-state index in [2.05, 4.69) is 27.7 Å². The Balaban J connectivity index is 0.944. The molecule has 1 aliphatic carbocycles. The van der Waals surface area contributed by atoms with Gasteiger partial charge in [0.05, 0.1) is 12.5 Å². The smallest absolute Gasteiger partial charge is 0.312 e. The summed E-state index contributed by atoms with van der Waals surface area (Å²) in [5.41, 5.74) is 2.56. The first kappa shape index (κ1) is 24.1. The summed E-state index contributed by atoms with van der Waals surface area (Å²) in [5, 5.41) is 7.01. The zero-order chi connectivity index (χ0) is 24.2. The minimum absolute atomic E-state index is 0.123. The number of fused-ring (bicyclic) bond motifs is 2.